The van der Waals surface area contributed by atoms with Crippen LogP contribution in [0.25, 0.3) is 72.5 Å². The van der Waals surface area contributed by atoms with Crippen molar-refractivity contribution in [3.05, 3.63) is 235 Å². The summed E-state index contributed by atoms with van der Waals surface area (Å²) in [7, 11) is 0. The van der Waals surface area contributed by atoms with E-state index in [2.05, 4.69) is 217 Å². The van der Waals surface area contributed by atoms with Gasteiger partial charge in [-0.25, -0.2) is 9.97 Å². The number of benzene rings is 8. The fourth-order valence-corrected chi connectivity index (χ4v) is 9.06. The van der Waals surface area contributed by atoms with Crippen LogP contribution in [0.2, 0.25) is 0 Å². The Labute approximate surface area is 325 Å². The fourth-order valence-electron chi connectivity index (χ4n) is 9.06. The molecule has 0 unspecified atom stereocenters. The van der Waals surface area contributed by atoms with E-state index in [0.29, 0.717) is 5.82 Å². The zero-order chi connectivity index (χ0) is 37.1. The third kappa shape index (κ3) is 4.84. The van der Waals surface area contributed by atoms with Gasteiger partial charge in [0.2, 0.25) is 0 Å². The Morgan fingerprint density at radius 1 is 0.375 bits per heavy atom. The first-order valence-electron chi connectivity index (χ1n) is 19.2. The molecule has 0 radical (unpaired) electrons. The van der Waals surface area contributed by atoms with Crippen molar-refractivity contribution in [1.82, 2.24) is 14.5 Å². The van der Waals surface area contributed by atoms with E-state index in [1.807, 2.05) is 0 Å². The average Bonchev–Trinajstić information content (AvgIpc) is 3.78. The maximum Gasteiger partial charge on any atom is 0.160 e. The Hall–Kier alpha value is -7.36. The molecule has 11 rings (SSSR count). The number of para-hydroxylation sites is 2. The number of hydrogen-bond donors (Lipinski definition) is 0. The summed E-state index contributed by atoms with van der Waals surface area (Å²) in [5.74, 6) is 0.705. The lowest BCUT2D eigenvalue weighted by atomic mass is 9.67. The summed E-state index contributed by atoms with van der Waals surface area (Å²) in [6, 6.07) is 76.0. The second kappa shape index (κ2) is 12.9. The van der Waals surface area contributed by atoms with Crippen LogP contribution < -0.4 is 0 Å². The average molecular weight is 714 g/mol. The molecule has 1 aliphatic carbocycles. The third-order valence-corrected chi connectivity index (χ3v) is 11.5. The summed E-state index contributed by atoms with van der Waals surface area (Å²) in [4.78, 5) is 11.2. The van der Waals surface area contributed by atoms with Gasteiger partial charge in [0.1, 0.15) is 0 Å². The highest BCUT2D eigenvalue weighted by molar-refractivity contribution is 6.10. The molecule has 2 aromatic heterocycles. The topological polar surface area (TPSA) is 30.7 Å². The first kappa shape index (κ1) is 32.1. The second-order valence-electron chi connectivity index (χ2n) is 14.5. The minimum absolute atomic E-state index is 0.660. The van der Waals surface area contributed by atoms with Crippen molar-refractivity contribution < 1.29 is 0 Å². The van der Waals surface area contributed by atoms with Crippen LogP contribution in [0.3, 0.4) is 0 Å². The molecular weight excluding hydrogens is 679 g/mol. The van der Waals surface area contributed by atoms with Gasteiger partial charge in [-0.3, -0.25) is 0 Å². The zero-order valence-electron chi connectivity index (χ0n) is 30.5. The van der Waals surface area contributed by atoms with Gasteiger partial charge in [0.15, 0.2) is 5.82 Å². The molecule has 8 aromatic carbocycles. The van der Waals surface area contributed by atoms with E-state index >= 15 is 0 Å². The van der Waals surface area contributed by atoms with E-state index in [1.54, 1.807) is 0 Å². The van der Waals surface area contributed by atoms with Crippen molar-refractivity contribution in [1.29, 1.82) is 0 Å². The molecule has 262 valence electrons. The molecule has 0 N–H and O–H groups in total. The maximum atomic E-state index is 5.65. The molecule has 0 bridgehead atoms. The molecule has 0 spiro atoms. The molecule has 0 atom stereocenters. The predicted molar refractivity (Wildman–Crippen MR) is 230 cm³/mol. The van der Waals surface area contributed by atoms with Crippen molar-refractivity contribution in [2.45, 2.75) is 5.41 Å². The van der Waals surface area contributed by atoms with Gasteiger partial charge in [-0.05, 0) is 58.1 Å². The minimum Gasteiger partial charge on any atom is -0.309 e. The fraction of sp³-hybridized carbons (Fsp3) is 0.0189. The molecule has 0 amide bonds. The van der Waals surface area contributed by atoms with Crippen molar-refractivity contribution >= 4 is 21.8 Å². The van der Waals surface area contributed by atoms with E-state index < -0.39 is 5.41 Å². The van der Waals surface area contributed by atoms with Crippen molar-refractivity contribution in [2.24, 2.45) is 0 Å². The summed E-state index contributed by atoms with van der Waals surface area (Å²) >= 11 is 0. The predicted octanol–water partition coefficient (Wildman–Crippen LogP) is 12.9. The van der Waals surface area contributed by atoms with Crippen molar-refractivity contribution in [2.75, 3.05) is 0 Å². The number of fused-ring (bicyclic) bond motifs is 6. The molecule has 0 saturated carbocycles. The lowest BCUT2D eigenvalue weighted by molar-refractivity contribution is 0.763. The smallest absolute Gasteiger partial charge is 0.160 e. The van der Waals surface area contributed by atoms with Gasteiger partial charge in [-0.15, -0.1) is 0 Å². The summed E-state index contributed by atoms with van der Waals surface area (Å²) in [5, 5.41) is 2.39. The Bertz CT molecular complexity index is 3000. The molecule has 3 heteroatoms. The Morgan fingerprint density at radius 3 is 1.61 bits per heavy atom. The Balaban J connectivity index is 1.23. The molecule has 0 saturated heterocycles. The summed E-state index contributed by atoms with van der Waals surface area (Å²) in [6.07, 6.45) is 0. The first-order valence-corrected chi connectivity index (χ1v) is 19.2. The van der Waals surface area contributed by atoms with Crippen LogP contribution in [-0.4, -0.2) is 14.5 Å². The van der Waals surface area contributed by atoms with Crippen LogP contribution in [0.15, 0.2) is 212 Å². The normalized spacial score (nSPS) is 12.8. The molecular formula is C53H35N3. The van der Waals surface area contributed by atoms with Gasteiger partial charge in [0, 0.05) is 38.7 Å². The zero-order valence-corrected chi connectivity index (χ0v) is 30.5. The lowest BCUT2D eigenvalue weighted by Gasteiger charge is -2.34. The Morgan fingerprint density at radius 2 is 0.893 bits per heavy atom. The largest absolute Gasteiger partial charge is 0.309 e. The standard InChI is InChI=1S/C53H35N3/c1-5-17-36(18-6-1)37-29-31-38(32-30-37)52-54-50(39-33-34-48-45(35-39)43-25-14-16-28-47(43)56(48)42-23-11-4-12-24-42)49-51(55-52)44-26-13-15-27-46(44)53(49,40-19-7-2-8-20-40)41-21-9-3-10-22-41/h1-35H. The van der Waals surface area contributed by atoms with Crippen molar-refractivity contribution in [3.8, 4) is 50.7 Å². The molecule has 56 heavy (non-hydrogen) atoms. The molecule has 0 aliphatic heterocycles. The van der Waals surface area contributed by atoms with Gasteiger partial charge < -0.3 is 4.57 Å². The van der Waals surface area contributed by atoms with E-state index in [0.717, 1.165) is 50.4 Å². The van der Waals surface area contributed by atoms with Crippen molar-refractivity contribution in [3.63, 3.8) is 0 Å². The molecule has 10 aromatic rings. The summed E-state index contributed by atoms with van der Waals surface area (Å²) in [6.45, 7) is 0. The van der Waals surface area contributed by atoms with E-state index in [-0.39, 0.29) is 0 Å². The molecule has 3 nitrogen and oxygen atoms in total. The maximum absolute atomic E-state index is 5.65. The van der Waals surface area contributed by atoms with Gasteiger partial charge in [0.25, 0.3) is 0 Å². The quantitative estimate of drug-likeness (QED) is 0.172. The number of rotatable bonds is 6. The highest BCUT2D eigenvalue weighted by Gasteiger charge is 2.49. The van der Waals surface area contributed by atoms with Crippen LogP contribution in [0.1, 0.15) is 22.3 Å². The van der Waals surface area contributed by atoms with Gasteiger partial charge in [-0.2, -0.15) is 0 Å². The van der Waals surface area contributed by atoms with E-state index in [4.69, 9.17) is 9.97 Å². The van der Waals surface area contributed by atoms with Crippen LogP contribution in [-0.2, 0) is 5.41 Å². The van der Waals surface area contributed by atoms with Crippen LogP contribution >= 0.6 is 0 Å². The molecule has 1 aliphatic rings. The monoisotopic (exact) mass is 713 g/mol. The highest BCUT2D eigenvalue weighted by Crippen LogP contribution is 2.58. The SMILES string of the molecule is c1ccc(-c2ccc(-c3nc(-c4ccc5c(c4)c4ccccc4n5-c4ccccc4)c4c(n3)-c3ccccc3C4(c3ccccc3)c3ccccc3)cc2)cc1. The van der Waals surface area contributed by atoms with E-state index in [1.165, 1.54) is 38.5 Å². The van der Waals surface area contributed by atoms with Crippen LogP contribution in [0.4, 0.5) is 0 Å². The molecule has 0 fully saturated rings. The highest BCUT2D eigenvalue weighted by atomic mass is 15.0. The number of nitrogens with zero attached hydrogens (tertiary/aromatic N) is 3. The second-order valence-corrected chi connectivity index (χ2v) is 14.5. The van der Waals surface area contributed by atoms with E-state index in [9.17, 15) is 0 Å². The van der Waals surface area contributed by atoms with Gasteiger partial charge in [0.05, 0.1) is 27.8 Å². The van der Waals surface area contributed by atoms with Crippen LogP contribution in [0.5, 0.6) is 0 Å². The molecule has 2 heterocycles. The third-order valence-electron chi connectivity index (χ3n) is 11.5. The van der Waals surface area contributed by atoms with Gasteiger partial charge >= 0.3 is 0 Å². The Kier molecular flexibility index (Phi) is 7.39. The summed E-state index contributed by atoms with van der Waals surface area (Å²) < 4.78 is 2.37. The number of aromatic nitrogens is 3. The number of hydrogen-bond acceptors (Lipinski definition) is 2. The summed E-state index contributed by atoms with van der Waals surface area (Å²) in [5.41, 5.74) is 14.9. The lowest BCUT2D eigenvalue weighted by Crippen LogP contribution is -2.29. The van der Waals surface area contributed by atoms with Crippen LogP contribution in [0, 0.1) is 0 Å². The minimum atomic E-state index is -0.660. The first-order chi connectivity index (χ1) is 27.8. The van der Waals surface area contributed by atoms with Gasteiger partial charge in [-0.1, -0.05) is 182 Å².